The number of allylic oxidation sites excluding steroid dienone is 7. The van der Waals surface area contributed by atoms with E-state index in [1.165, 1.54) is 11.0 Å². The van der Waals surface area contributed by atoms with Gasteiger partial charge in [0.1, 0.15) is 5.75 Å². The lowest BCUT2D eigenvalue weighted by Gasteiger charge is -2.42. The first-order valence-electron chi connectivity index (χ1n) is 13.0. The van der Waals surface area contributed by atoms with Crippen LogP contribution >= 0.6 is 22.6 Å². The lowest BCUT2D eigenvalue weighted by molar-refractivity contribution is -0.123. The highest BCUT2D eigenvalue weighted by Crippen LogP contribution is 2.56. The van der Waals surface area contributed by atoms with Gasteiger partial charge in [0.25, 0.3) is 0 Å². The van der Waals surface area contributed by atoms with Crippen LogP contribution in [0.2, 0.25) is 0 Å². The molecular formula is C32H26INO5. The molecule has 0 spiro atoms. The molecule has 4 aliphatic rings. The van der Waals surface area contributed by atoms with Crippen molar-refractivity contribution in [1.82, 2.24) is 0 Å². The molecule has 2 aromatic rings. The molecular weight excluding hydrogens is 605 g/mol. The third-order valence-corrected chi connectivity index (χ3v) is 9.19. The summed E-state index contributed by atoms with van der Waals surface area (Å²) in [5.74, 6) is -3.25. The van der Waals surface area contributed by atoms with Crippen molar-refractivity contribution in [2.45, 2.75) is 32.1 Å². The fourth-order valence-electron chi connectivity index (χ4n) is 6.75. The van der Waals surface area contributed by atoms with Crippen LogP contribution in [0.4, 0.5) is 5.69 Å². The van der Waals surface area contributed by atoms with Crippen LogP contribution in [0, 0.1) is 21.3 Å². The zero-order valence-electron chi connectivity index (χ0n) is 21.3. The highest BCUT2D eigenvalue weighted by atomic mass is 127. The van der Waals surface area contributed by atoms with E-state index in [-0.39, 0.29) is 35.6 Å². The third-order valence-electron chi connectivity index (χ3n) is 8.47. The number of halogens is 1. The van der Waals surface area contributed by atoms with Gasteiger partial charge in [-0.2, -0.15) is 0 Å². The van der Waals surface area contributed by atoms with E-state index in [1.807, 2.05) is 24.3 Å². The topological polar surface area (TPSA) is 91.8 Å². The summed E-state index contributed by atoms with van der Waals surface area (Å²) < 4.78 is 0.994. The van der Waals surface area contributed by atoms with Gasteiger partial charge in [-0.3, -0.25) is 24.1 Å². The van der Waals surface area contributed by atoms with E-state index in [4.69, 9.17) is 0 Å². The Hall–Kier alpha value is -3.59. The van der Waals surface area contributed by atoms with Gasteiger partial charge in [-0.15, -0.1) is 6.58 Å². The maximum atomic E-state index is 13.9. The minimum absolute atomic E-state index is 0.0544. The number of benzene rings is 2. The van der Waals surface area contributed by atoms with E-state index >= 15 is 0 Å². The number of amides is 2. The van der Waals surface area contributed by atoms with E-state index < -0.39 is 23.7 Å². The van der Waals surface area contributed by atoms with Gasteiger partial charge in [-0.1, -0.05) is 35.9 Å². The number of nitrogens with zero attached hydrogens (tertiary/aromatic N) is 1. The molecule has 4 unspecified atom stereocenters. The number of anilines is 1. The number of imide groups is 1. The van der Waals surface area contributed by atoms with Crippen LogP contribution in [-0.2, 0) is 25.6 Å². The van der Waals surface area contributed by atoms with Crippen LogP contribution in [0.25, 0.3) is 0 Å². The van der Waals surface area contributed by atoms with E-state index in [9.17, 15) is 24.3 Å². The summed E-state index contributed by atoms with van der Waals surface area (Å²) in [7, 11) is 0. The number of phenols is 1. The van der Waals surface area contributed by atoms with Crippen molar-refractivity contribution in [1.29, 1.82) is 0 Å². The van der Waals surface area contributed by atoms with Crippen LogP contribution in [0.15, 0.2) is 89.6 Å². The average Bonchev–Trinajstić information content (AvgIpc) is 3.18. The number of para-hydroxylation sites is 1. The van der Waals surface area contributed by atoms with Crippen molar-refractivity contribution in [3.05, 3.63) is 104 Å². The molecule has 1 fully saturated rings. The average molecular weight is 631 g/mol. The van der Waals surface area contributed by atoms with Crippen molar-refractivity contribution < 1.29 is 24.3 Å². The largest absolute Gasteiger partial charge is 0.507 e. The predicted octanol–water partition coefficient (Wildman–Crippen LogP) is 5.36. The van der Waals surface area contributed by atoms with Crippen LogP contribution in [-0.4, -0.2) is 28.5 Å². The van der Waals surface area contributed by atoms with Crippen LogP contribution < -0.4 is 4.90 Å². The Morgan fingerprint density at radius 3 is 2.51 bits per heavy atom. The Balaban J connectivity index is 1.50. The molecule has 0 saturated carbocycles. The standard InChI is InChI=1S/C32H26INO5/c1-3-5-17-6-4-7-21(30(17)37)26-20-12-13-22-27(23(20)15-24-28(26)25(35)14-16(2)29(24)36)32(39)34(31(22)38)19-10-8-18(33)9-11-19/h3-4,6-12,14,22-23,26-27,37H,1,5,13,15H2,2H3. The third kappa shape index (κ3) is 3.89. The first-order chi connectivity index (χ1) is 18.7. The first-order valence-corrected chi connectivity index (χ1v) is 14.1. The SMILES string of the molecule is C=CCc1cccc(C2C3=CCC4C(=O)N(c5ccc(I)cc5)C(=O)C4C3CC3=C2C(=O)C=C(C)C3=O)c1O. The van der Waals surface area contributed by atoms with Crippen LogP contribution in [0.1, 0.15) is 36.8 Å². The number of aromatic hydroxyl groups is 1. The Labute approximate surface area is 239 Å². The van der Waals surface area contributed by atoms with Gasteiger partial charge in [0, 0.05) is 31.8 Å². The van der Waals surface area contributed by atoms with Gasteiger partial charge in [0.15, 0.2) is 11.6 Å². The number of Topliss-reactive ketones (excluding diaryl/α,β-unsaturated/α-hetero) is 1. The molecule has 196 valence electrons. The molecule has 2 amide bonds. The molecule has 0 aromatic heterocycles. The smallest absolute Gasteiger partial charge is 0.238 e. The van der Waals surface area contributed by atoms with E-state index in [0.29, 0.717) is 46.4 Å². The molecule has 6 rings (SSSR count). The number of fused-ring (bicyclic) bond motifs is 3. The number of hydrogen-bond acceptors (Lipinski definition) is 5. The molecule has 1 saturated heterocycles. The molecule has 7 heteroatoms. The molecule has 2 aromatic carbocycles. The van der Waals surface area contributed by atoms with Gasteiger partial charge >= 0.3 is 0 Å². The number of ketones is 2. The van der Waals surface area contributed by atoms with Gasteiger partial charge in [0.05, 0.1) is 17.5 Å². The minimum Gasteiger partial charge on any atom is -0.507 e. The molecule has 0 bridgehead atoms. The quantitative estimate of drug-likeness (QED) is 0.213. The Kier molecular flexibility index (Phi) is 6.29. The van der Waals surface area contributed by atoms with Gasteiger partial charge in [0.2, 0.25) is 11.8 Å². The van der Waals surface area contributed by atoms with Crippen molar-refractivity contribution in [3.63, 3.8) is 0 Å². The number of hydrogen-bond donors (Lipinski definition) is 1. The molecule has 0 radical (unpaired) electrons. The summed E-state index contributed by atoms with van der Waals surface area (Å²) in [6, 6.07) is 12.7. The summed E-state index contributed by atoms with van der Waals surface area (Å²) in [5, 5.41) is 11.3. The fraction of sp³-hybridized carbons (Fsp3) is 0.250. The first kappa shape index (κ1) is 25.7. The Bertz CT molecular complexity index is 1580. The maximum Gasteiger partial charge on any atom is 0.238 e. The number of carbonyl (C=O) groups excluding carboxylic acids is 4. The Morgan fingerprint density at radius 2 is 1.79 bits per heavy atom. The number of carbonyl (C=O) groups is 4. The summed E-state index contributed by atoms with van der Waals surface area (Å²) in [6.45, 7) is 5.40. The van der Waals surface area contributed by atoms with E-state index in [2.05, 4.69) is 29.2 Å². The second kappa shape index (κ2) is 9.55. The number of phenolic OH excluding ortho intramolecular Hbond substituents is 1. The van der Waals surface area contributed by atoms with Gasteiger partial charge in [-0.05, 0) is 90.6 Å². The van der Waals surface area contributed by atoms with Crippen molar-refractivity contribution in [2.75, 3.05) is 4.90 Å². The van der Waals surface area contributed by atoms with Gasteiger partial charge in [-0.25, -0.2) is 0 Å². The predicted molar refractivity (Wildman–Crippen MR) is 155 cm³/mol. The Morgan fingerprint density at radius 1 is 1.05 bits per heavy atom. The molecule has 1 aliphatic heterocycles. The second-order valence-corrected chi connectivity index (χ2v) is 11.8. The molecule has 3 aliphatic carbocycles. The summed E-state index contributed by atoms with van der Waals surface area (Å²) >= 11 is 2.18. The summed E-state index contributed by atoms with van der Waals surface area (Å²) in [5.41, 5.74) is 3.65. The van der Waals surface area contributed by atoms with Crippen LogP contribution in [0.5, 0.6) is 5.75 Å². The lowest BCUT2D eigenvalue weighted by Crippen LogP contribution is -2.39. The fourth-order valence-corrected chi connectivity index (χ4v) is 7.11. The highest BCUT2D eigenvalue weighted by Gasteiger charge is 2.56. The molecule has 1 heterocycles. The minimum atomic E-state index is -0.680. The van der Waals surface area contributed by atoms with E-state index in [0.717, 1.165) is 9.14 Å². The summed E-state index contributed by atoms with van der Waals surface area (Å²) in [6.07, 6.45) is 6.03. The number of rotatable bonds is 4. The monoisotopic (exact) mass is 631 g/mol. The lowest BCUT2D eigenvalue weighted by atomic mass is 9.59. The molecule has 39 heavy (non-hydrogen) atoms. The van der Waals surface area contributed by atoms with Crippen molar-refractivity contribution in [3.8, 4) is 5.75 Å². The highest BCUT2D eigenvalue weighted by molar-refractivity contribution is 14.1. The van der Waals surface area contributed by atoms with E-state index in [1.54, 1.807) is 37.3 Å². The molecule has 6 nitrogen and oxygen atoms in total. The zero-order chi connectivity index (χ0) is 27.6. The second-order valence-electron chi connectivity index (χ2n) is 10.6. The normalized spacial score (nSPS) is 26.2. The zero-order valence-corrected chi connectivity index (χ0v) is 23.5. The van der Waals surface area contributed by atoms with Crippen LogP contribution in [0.3, 0.4) is 0 Å². The maximum absolute atomic E-state index is 13.9. The van der Waals surface area contributed by atoms with Gasteiger partial charge < -0.3 is 5.11 Å². The van der Waals surface area contributed by atoms with Crippen molar-refractivity contribution in [2.24, 2.45) is 17.8 Å². The van der Waals surface area contributed by atoms with Crippen molar-refractivity contribution >= 4 is 51.7 Å². The summed E-state index contributed by atoms with van der Waals surface area (Å²) in [4.78, 5) is 55.7. The molecule has 1 N–H and O–H groups in total. The molecule has 4 atom stereocenters.